The second kappa shape index (κ2) is 4.13. The number of hydrogen-bond acceptors (Lipinski definition) is 2. The van der Waals surface area contributed by atoms with E-state index in [0.29, 0.717) is 5.25 Å². The van der Waals surface area contributed by atoms with Crippen molar-refractivity contribution in [2.75, 3.05) is 17.8 Å². The first-order chi connectivity index (χ1) is 6.14. The molecule has 0 spiro atoms. The molecule has 1 rings (SSSR count). The number of H-pyrrole nitrogens is 1. The van der Waals surface area contributed by atoms with Gasteiger partial charge < -0.3 is 0 Å². The molecule has 4 heteroatoms. The number of rotatable bonds is 4. The first-order valence-electron chi connectivity index (χ1n) is 4.72. The van der Waals surface area contributed by atoms with Gasteiger partial charge in [0.15, 0.2) is 0 Å². The summed E-state index contributed by atoms with van der Waals surface area (Å²) in [6.07, 6.45) is 3.98. The van der Waals surface area contributed by atoms with Gasteiger partial charge in [-0.1, -0.05) is 13.8 Å². The maximum Gasteiger partial charge on any atom is 0.137 e. The van der Waals surface area contributed by atoms with Crippen molar-refractivity contribution in [3.63, 3.8) is 0 Å². The first-order valence-corrected chi connectivity index (χ1v) is 7.16. The standard InChI is InChI=1S/C9H19N3S/c1-5-13(4,6-2)8(3)9-10-7-11-12-9/h7-8H,5-6H2,1-4H3,(H,10,11,12). The monoisotopic (exact) mass is 201 g/mol. The van der Waals surface area contributed by atoms with Crippen molar-refractivity contribution in [1.82, 2.24) is 15.2 Å². The number of hydrogen-bond donors (Lipinski definition) is 1. The number of aromatic nitrogens is 3. The molecule has 1 N–H and O–H groups in total. The number of nitrogens with one attached hydrogen (secondary N) is 1. The van der Waals surface area contributed by atoms with Gasteiger partial charge in [-0.05, 0) is 24.7 Å². The van der Waals surface area contributed by atoms with E-state index in [1.54, 1.807) is 6.33 Å². The van der Waals surface area contributed by atoms with Crippen LogP contribution in [0.1, 0.15) is 31.8 Å². The lowest BCUT2D eigenvalue weighted by Crippen LogP contribution is -2.13. The van der Waals surface area contributed by atoms with Crippen LogP contribution in [-0.2, 0) is 0 Å². The molecular formula is C9H19N3S. The van der Waals surface area contributed by atoms with Crippen molar-refractivity contribution in [3.8, 4) is 0 Å². The molecule has 1 heterocycles. The van der Waals surface area contributed by atoms with Crippen molar-refractivity contribution >= 4 is 10.0 Å². The first kappa shape index (κ1) is 10.6. The molecule has 1 atom stereocenters. The molecule has 0 amide bonds. The van der Waals surface area contributed by atoms with Crippen LogP contribution in [0.3, 0.4) is 0 Å². The van der Waals surface area contributed by atoms with E-state index in [-0.39, 0.29) is 0 Å². The summed E-state index contributed by atoms with van der Waals surface area (Å²) >= 11 is 0. The molecular weight excluding hydrogens is 182 g/mol. The maximum absolute atomic E-state index is 4.23. The van der Waals surface area contributed by atoms with Crippen LogP contribution >= 0.6 is 10.0 Å². The van der Waals surface area contributed by atoms with Crippen LogP contribution in [0.15, 0.2) is 6.33 Å². The zero-order valence-corrected chi connectivity index (χ0v) is 9.69. The van der Waals surface area contributed by atoms with E-state index in [1.807, 2.05) is 0 Å². The minimum atomic E-state index is -0.550. The van der Waals surface area contributed by atoms with E-state index in [4.69, 9.17) is 0 Å². The number of aromatic amines is 1. The summed E-state index contributed by atoms with van der Waals surface area (Å²) in [7, 11) is -0.550. The highest BCUT2D eigenvalue weighted by molar-refractivity contribution is 8.33. The average molecular weight is 201 g/mol. The Balaban J connectivity index is 2.82. The van der Waals surface area contributed by atoms with Gasteiger partial charge in [-0.3, -0.25) is 5.10 Å². The van der Waals surface area contributed by atoms with Gasteiger partial charge >= 0.3 is 0 Å². The van der Waals surface area contributed by atoms with Crippen molar-refractivity contribution in [3.05, 3.63) is 12.2 Å². The summed E-state index contributed by atoms with van der Waals surface area (Å²) in [6.45, 7) is 6.79. The molecule has 13 heavy (non-hydrogen) atoms. The van der Waals surface area contributed by atoms with Gasteiger partial charge in [-0.25, -0.2) is 15.0 Å². The zero-order chi connectivity index (χ0) is 9.90. The fraction of sp³-hybridized carbons (Fsp3) is 0.778. The summed E-state index contributed by atoms with van der Waals surface area (Å²) in [5.74, 6) is 3.55. The Morgan fingerprint density at radius 3 is 2.46 bits per heavy atom. The third-order valence-electron chi connectivity index (χ3n) is 2.99. The van der Waals surface area contributed by atoms with Crippen LogP contribution in [0.4, 0.5) is 0 Å². The highest BCUT2D eigenvalue weighted by Crippen LogP contribution is 2.55. The van der Waals surface area contributed by atoms with Crippen LogP contribution in [0.5, 0.6) is 0 Å². The van der Waals surface area contributed by atoms with Crippen molar-refractivity contribution in [2.24, 2.45) is 0 Å². The third kappa shape index (κ3) is 2.05. The van der Waals surface area contributed by atoms with Crippen molar-refractivity contribution in [2.45, 2.75) is 26.0 Å². The molecule has 0 aromatic carbocycles. The van der Waals surface area contributed by atoms with E-state index < -0.39 is 10.0 Å². The predicted molar refractivity (Wildman–Crippen MR) is 59.4 cm³/mol. The second-order valence-electron chi connectivity index (χ2n) is 3.44. The van der Waals surface area contributed by atoms with Crippen LogP contribution in [-0.4, -0.2) is 32.9 Å². The molecule has 0 fully saturated rings. The van der Waals surface area contributed by atoms with Gasteiger partial charge in [0.25, 0.3) is 0 Å². The highest BCUT2D eigenvalue weighted by Gasteiger charge is 2.25. The zero-order valence-electron chi connectivity index (χ0n) is 8.87. The van der Waals surface area contributed by atoms with Crippen molar-refractivity contribution < 1.29 is 0 Å². The molecule has 0 radical (unpaired) electrons. The van der Waals surface area contributed by atoms with Crippen LogP contribution < -0.4 is 0 Å². The largest absolute Gasteiger partial charge is 0.262 e. The van der Waals surface area contributed by atoms with Crippen LogP contribution in [0, 0.1) is 0 Å². The quantitative estimate of drug-likeness (QED) is 0.812. The van der Waals surface area contributed by atoms with E-state index in [0.717, 1.165) is 5.82 Å². The van der Waals surface area contributed by atoms with Crippen LogP contribution in [0.2, 0.25) is 0 Å². The lowest BCUT2D eigenvalue weighted by atomic mass is 10.5. The fourth-order valence-corrected chi connectivity index (χ4v) is 3.45. The minimum Gasteiger partial charge on any atom is -0.262 e. The van der Waals surface area contributed by atoms with Crippen molar-refractivity contribution in [1.29, 1.82) is 0 Å². The van der Waals surface area contributed by atoms with Gasteiger partial charge in [0.1, 0.15) is 12.2 Å². The fourth-order valence-electron chi connectivity index (χ4n) is 1.38. The molecule has 1 aromatic heterocycles. The van der Waals surface area contributed by atoms with Crippen LogP contribution in [0.25, 0.3) is 0 Å². The SMILES string of the molecule is CCS(C)(CC)C(C)c1ncn[nH]1. The summed E-state index contributed by atoms with van der Waals surface area (Å²) < 4.78 is 0. The summed E-state index contributed by atoms with van der Waals surface area (Å²) in [5, 5.41) is 7.41. The number of nitrogens with zero attached hydrogens (tertiary/aromatic N) is 2. The third-order valence-corrected chi connectivity index (χ3v) is 7.56. The molecule has 0 saturated carbocycles. The summed E-state index contributed by atoms with van der Waals surface area (Å²) in [4.78, 5) is 4.23. The molecule has 0 aliphatic heterocycles. The molecule has 1 aromatic rings. The highest BCUT2D eigenvalue weighted by atomic mass is 32.3. The minimum absolute atomic E-state index is 0.532. The molecule has 0 aliphatic carbocycles. The van der Waals surface area contributed by atoms with E-state index >= 15 is 0 Å². The average Bonchev–Trinajstić information content (AvgIpc) is 2.68. The Labute approximate surface area is 81.7 Å². The maximum atomic E-state index is 4.23. The normalized spacial score (nSPS) is 15.7. The Bertz CT molecular complexity index is 241. The lowest BCUT2D eigenvalue weighted by molar-refractivity contribution is 0.912. The Morgan fingerprint density at radius 2 is 2.08 bits per heavy atom. The Kier molecular flexibility index (Phi) is 3.36. The Hall–Kier alpha value is -0.510. The lowest BCUT2D eigenvalue weighted by Gasteiger charge is -2.38. The molecule has 0 saturated heterocycles. The molecule has 0 bridgehead atoms. The van der Waals surface area contributed by atoms with E-state index in [1.165, 1.54) is 11.5 Å². The van der Waals surface area contributed by atoms with Gasteiger partial charge in [0, 0.05) is 5.25 Å². The molecule has 3 nitrogen and oxygen atoms in total. The van der Waals surface area contributed by atoms with Gasteiger partial charge in [0.05, 0.1) is 0 Å². The van der Waals surface area contributed by atoms with Gasteiger partial charge in [-0.15, -0.1) is 0 Å². The molecule has 0 aliphatic rings. The predicted octanol–water partition coefficient (Wildman–Crippen LogP) is 2.34. The topological polar surface area (TPSA) is 41.6 Å². The Morgan fingerprint density at radius 1 is 1.46 bits per heavy atom. The second-order valence-corrected chi connectivity index (χ2v) is 8.00. The smallest absolute Gasteiger partial charge is 0.137 e. The summed E-state index contributed by atoms with van der Waals surface area (Å²) in [6, 6.07) is 0. The van der Waals surface area contributed by atoms with Gasteiger partial charge in [0.2, 0.25) is 0 Å². The molecule has 76 valence electrons. The van der Waals surface area contributed by atoms with E-state index in [2.05, 4.69) is 42.2 Å². The van der Waals surface area contributed by atoms with E-state index in [9.17, 15) is 0 Å². The molecule has 1 unspecified atom stereocenters. The summed E-state index contributed by atoms with van der Waals surface area (Å²) in [5.41, 5.74) is 0. The van der Waals surface area contributed by atoms with Gasteiger partial charge in [-0.2, -0.15) is 5.10 Å².